The minimum absolute atomic E-state index is 0.693. The summed E-state index contributed by atoms with van der Waals surface area (Å²) < 4.78 is 12.0. The first-order valence-electron chi connectivity index (χ1n) is 5.91. The minimum Gasteiger partial charge on any atom is -0.494 e. The van der Waals surface area contributed by atoms with Crippen molar-refractivity contribution in [1.82, 2.24) is 5.32 Å². The Hall–Kier alpha value is -0.580. The molecule has 0 aromatic heterocycles. The van der Waals surface area contributed by atoms with Crippen LogP contribution >= 0.6 is 15.9 Å². The number of halogens is 1. The zero-order valence-electron chi connectivity index (χ0n) is 10.5. The van der Waals surface area contributed by atoms with Gasteiger partial charge < -0.3 is 14.8 Å². The molecule has 0 saturated heterocycles. The van der Waals surface area contributed by atoms with Crippen molar-refractivity contribution in [3.63, 3.8) is 0 Å². The molecule has 96 valence electrons. The topological polar surface area (TPSA) is 30.5 Å². The van der Waals surface area contributed by atoms with E-state index in [2.05, 4.69) is 27.3 Å². The van der Waals surface area contributed by atoms with Crippen molar-refractivity contribution in [3.05, 3.63) is 28.2 Å². The van der Waals surface area contributed by atoms with Crippen LogP contribution in [0.4, 0.5) is 0 Å². The summed E-state index contributed by atoms with van der Waals surface area (Å²) in [7, 11) is 1.92. The van der Waals surface area contributed by atoms with Gasteiger partial charge in [-0.3, -0.25) is 0 Å². The van der Waals surface area contributed by atoms with Gasteiger partial charge in [0.2, 0.25) is 0 Å². The number of ether oxygens (including phenoxy) is 2. The lowest BCUT2D eigenvalue weighted by molar-refractivity contribution is 0.140. The van der Waals surface area contributed by atoms with Crippen molar-refractivity contribution < 1.29 is 9.47 Å². The van der Waals surface area contributed by atoms with Gasteiger partial charge in [0.1, 0.15) is 5.75 Å². The summed E-state index contributed by atoms with van der Waals surface area (Å²) in [6, 6.07) is 6.08. The summed E-state index contributed by atoms with van der Waals surface area (Å²) in [6.07, 6.45) is 0.913. The molecule has 1 aromatic carbocycles. The first kappa shape index (κ1) is 14.5. The van der Waals surface area contributed by atoms with Gasteiger partial charge in [0.25, 0.3) is 0 Å². The molecule has 17 heavy (non-hydrogen) atoms. The molecule has 0 aliphatic rings. The number of hydrogen-bond acceptors (Lipinski definition) is 3. The first-order chi connectivity index (χ1) is 8.27. The molecule has 0 atom stereocenters. The Morgan fingerprint density at radius 1 is 1.29 bits per heavy atom. The van der Waals surface area contributed by atoms with Crippen molar-refractivity contribution in [3.8, 4) is 5.75 Å². The molecule has 0 fully saturated rings. The maximum Gasteiger partial charge on any atom is 0.120 e. The third-order valence-electron chi connectivity index (χ3n) is 2.35. The fraction of sp³-hybridized carbons (Fsp3) is 0.538. The molecule has 0 aliphatic carbocycles. The van der Waals surface area contributed by atoms with Crippen LogP contribution in [0.1, 0.15) is 12.5 Å². The summed E-state index contributed by atoms with van der Waals surface area (Å²) in [5, 5.41) is 3.05. The van der Waals surface area contributed by atoms with Gasteiger partial charge in [-0.15, -0.1) is 0 Å². The van der Waals surface area contributed by atoms with Crippen LogP contribution in [0.3, 0.4) is 0 Å². The van der Waals surface area contributed by atoms with Crippen LogP contribution in [0, 0.1) is 0 Å². The van der Waals surface area contributed by atoms with Crippen molar-refractivity contribution in [2.45, 2.75) is 13.3 Å². The van der Waals surface area contributed by atoms with Crippen LogP contribution in [0.2, 0.25) is 0 Å². The highest BCUT2D eigenvalue weighted by Crippen LogP contribution is 2.23. The summed E-state index contributed by atoms with van der Waals surface area (Å²) in [6.45, 7) is 5.07. The van der Waals surface area contributed by atoms with Crippen molar-refractivity contribution >= 4 is 15.9 Å². The molecule has 0 radical (unpaired) electrons. The molecule has 0 spiro atoms. The van der Waals surface area contributed by atoms with Gasteiger partial charge in [-0.2, -0.15) is 0 Å². The van der Waals surface area contributed by atoms with E-state index in [1.165, 1.54) is 5.56 Å². The SMILES string of the molecule is CCOc1ccc(CCOCCNC)c(Br)c1. The lowest BCUT2D eigenvalue weighted by Crippen LogP contribution is -2.15. The monoisotopic (exact) mass is 301 g/mol. The minimum atomic E-state index is 0.693. The van der Waals surface area contributed by atoms with Gasteiger partial charge in [-0.1, -0.05) is 22.0 Å². The normalized spacial score (nSPS) is 10.5. The fourth-order valence-electron chi connectivity index (χ4n) is 1.45. The molecule has 0 aliphatic heterocycles. The van der Waals surface area contributed by atoms with Crippen LogP contribution < -0.4 is 10.1 Å². The standard InChI is InChI=1S/C13H20BrNO2/c1-3-17-12-5-4-11(13(14)10-12)6-8-16-9-7-15-2/h4-5,10,15H,3,6-9H2,1-2H3. The van der Waals surface area contributed by atoms with Gasteiger partial charge in [0, 0.05) is 11.0 Å². The maximum absolute atomic E-state index is 5.50. The molecule has 0 bridgehead atoms. The molecule has 1 N–H and O–H groups in total. The van der Waals surface area contributed by atoms with E-state index in [0.717, 1.165) is 36.4 Å². The van der Waals surface area contributed by atoms with E-state index in [1.54, 1.807) is 0 Å². The van der Waals surface area contributed by atoms with Crippen LogP contribution in [0.15, 0.2) is 22.7 Å². The molecular weight excluding hydrogens is 282 g/mol. The number of hydrogen-bond donors (Lipinski definition) is 1. The molecular formula is C13H20BrNO2. The largest absolute Gasteiger partial charge is 0.494 e. The highest BCUT2D eigenvalue weighted by Gasteiger charge is 2.02. The van der Waals surface area contributed by atoms with Gasteiger partial charge in [0.05, 0.1) is 19.8 Å². The fourth-order valence-corrected chi connectivity index (χ4v) is 2.00. The summed E-state index contributed by atoms with van der Waals surface area (Å²) in [4.78, 5) is 0. The zero-order chi connectivity index (χ0) is 12.5. The highest BCUT2D eigenvalue weighted by atomic mass is 79.9. The second-order valence-corrected chi connectivity index (χ2v) is 4.51. The quantitative estimate of drug-likeness (QED) is 0.749. The third-order valence-corrected chi connectivity index (χ3v) is 3.09. The van der Waals surface area contributed by atoms with Crippen LogP contribution in [0.25, 0.3) is 0 Å². The molecule has 3 nitrogen and oxygen atoms in total. The average Bonchev–Trinajstić information content (AvgIpc) is 2.32. The Bertz CT molecular complexity index is 331. The average molecular weight is 302 g/mol. The van der Waals surface area contributed by atoms with Crippen LogP contribution in [-0.4, -0.2) is 33.4 Å². The Morgan fingerprint density at radius 3 is 2.76 bits per heavy atom. The Labute approximate surface area is 112 Å². The lowest BCUT2D eigenvalue weighted by Gasteiger charge is -2.08. The maximum atomic E-state index is 5.50. The van der Waals surface area contributed by atoms with Gasteiger partial charge >= 0.3 is 0 Å². The number of benzene rings is 1. The summed E-state index contributed by atoms with van der Waals surface area (Å²) in [5.41, 5.74) is 1.25. The summed E-state index contributed by atoms with van der Waals surface area (Å²) in [5.74, 6) is 0.902. The molecule has 0 heterocycles. The van der Waals surface area contributed by atoms with Crippen molar-refractivity contribution in [1.29, 1.82) is 0 Å². The van der Waals surface area contributed by atoms with Gasteiger partial charge in [0.15, 0.2) is 0 Å². The highest BCUT2D eigenvalue weighted by molar-refractivity contribution is 9.10. The molecule has 1 rings (SSSR count). The predicted octanol–water partition coefficient (Wildman–Crippen LogP) is 2.63. The van der Waals surface area contributed by atoms with Gasteiger partial charge in [-0.05, 0) is 38.1 Å². The van der Waals surface area contributed by atoms with E-state index >= 15 is 0 Å². The van der Waals surface area contributed by atoms with E-state index < -0.39 is 0 Å². The lowest BCUT2D eigenvalue weighted by atomic mass is 10.1. The second-order valence-electron chi connectivity index (χ2n) is 3.65. The smallest absolute Gasteiger partial charge is 0.120 e. The molecule has 4 heteroatoms. The number of rotatable bonds is 8. The van der Waals surface area contributed by atoms with Crippen LogP contribution in [0.5, 0.6) is 5.75 Å². The van der Waals surface area contributed by atoms with Crippen molar-refractivity contribution in [2.75, 3.05) is 33.4 Å². The zero-order valence-corrected chi connectivity index (χ0v) is 12.0. The van der Waals surface area contributed by atoms with E-state index in [9.17, 15) is 0 Å². The molecule has 0 unspecified atom stereocenters. The van der Waals surface area contributed by atoms with Crippen LogP contribution in [-0.2, 0) is 11.2 Å². The Kier molecular flexibility index (Phi) is 7.24. The first-order valence-corrected chi connectivity index (χ1v) is 6.70. The van der Waals surface area contributed by atoms with Gasteiger partial charge in [-0.25, -0.2) is 0 Å². The van der Waals surface area contributed by atoms with E-state index in [4.69, 9.17) is 9.47 Å². The second kappa shape index (κ2) is 8.50. The van der Waals surface area contributed by atoms with E-state index in [0.29, 0.717) is 6.61 Å². The molecule has 0 saturated carbocycles. The molecule has 1 aromatic rings. The number of nitrogens with one attached hydrogen (secondary N) is 1. The molecule has 0 amide bonds. The van der Waals surface area contributed by atoms with Crippen molar-refractivity contribution in [2.24, 2.45) is 0 Å². The third kappa shape index (κ3) is 5.52. The number of likely N-dealkylation sites (N-methyl/N-ethyl adjacent to an activating group) is 1. The Balaban J connectivity index is 2.38. The Morgan fingerprint density at radius 2 is 2.12 bits per heavy atom. The summed E-state index contributed by atoms with van der Waals surface area (Å²) >= 11 is 3.55. The predicted molar refractivity (Wildman–Crippen MR) is 73.8 cm³/mol. The van der Waals surface area contributed by atoms with E-state index in [1.807, 2.05) is 26.1 Å². The van der Waals surface area contributed by atoms with E-state index in [-0.39, 0.29) is 0 Å².